The summed E-state index contributed by atoms with van der Waals surface area (Å²) >= 11 is 6.25. The van der Waals surface area contributed by atoms with Crippen LogP contribution in [-0.4, -0.2) is 21.4 Å². The molecule has 0 atom stereocenters. The molecule has 2 heterocycles. The molecule has 4 aromatic rings. The number of para-hydroxylation sites is 1. The van der Waals surface area contributed by atoms with Crippen molar-refractivity contribution in [3.8, 4) is 16.9 Å². The quantitative estimate of drug-likeness (QED) is 0.362. The number of ether oxygens (including phenoxy) is 1. The highest BCUT2D eigenvalue weighted by Crippen LogP contribution is 2.34. The number of H-pyrrole nitrogens is 1. The molecule has 0 unspecified atom stereocenters. The molecule has 0 aliphatic heterocycles. The first-order valence-electron chi connectivity index (χ1n) is 10.4. The molecule has 0 aliphatic carbocycles. The van der Waals surface area contributed by atoms with Gasteiger partial charge in [0.15, 0.2) is 0 Å². The Morgan fingerprint density at radius 2 is 1.83 bits per heavy atom. The lowest BCUT2D eigenvalue weighted by Crippen LogP contribution is -2.00. The lowest BCUT2D eigenvalue weighted by molar-refractivity contribution is 0.311. The number of nitrogens with zero attached hydrogens (tertiary/aromatic N) is 2. The van der Waals surface area contributed by atoms with E-state index >= 15 is 0 Å². The van der Waals surface area contributed by atoms with Crippen molar-refractivity contribution in [2.24, 2.45) is 7.05 Å². The van der Waals surface area contributed by atoms with Gasteiger partial charge in [0.2, 0.25) is 0 Å². The van der Waals surface area contributed by atoms with Crippen molar-refractivity contribution < 1.29 is 4.74 Å². The summed E-state index contributed by atoms with van der Waals surface area (Å²) in [6.45, 7) is 8.89. The highest BCUT2D eigenvalue weighted by molar-refractivity contribution is 6.32. The summed E-state index contributed by atoms with van der Waals surface area (Å²) in [4.78, 5) is 3.51. The van der Waals surface area contributed by atoms with Gasteiger partial charge in [-0.25, -0.2) is 0 Å². The van der Waals surface area contributed by atoms with E-state index in [0.717, 1.165) is 40.4 Å². The predicted octanol–water partition coefficient (Wildman–Crippen LogP) is 6.47. The van der Waals surface area contributed by atoms with Crippen LogP contribution in [0.15, 0.2) is 36.5 Å². The Kier molecular flexibility index (Phi) is 5.61. The summed E-state index contributed by atoms with van der Waals surface area (Å²) in [6.07, 6.45) is 4.04. The standard InChI is InChI=1S/C25H28ClN3O/c1-15-12-20(13-16(2)24(15)26)30-11-7-8-19-14-27-25-21(19)9-6-10-22(25)23-17(3)28-29(5)18(23)4/h6,9-10,12-14,27H,7-8,11H2,1-5H3. The van der Waals surface area contributed by atoms with Crippen LogP contribution in [0.5, 0.6) is 5.75 Å². The van der Waals surface area contributed by atoms with Gasteiger partial charge in [0.1, 0.15) is 5.75 Å². The zero-order valence-corrected chi connectivity index (χ0v) is 19.0. The molecule has 0 saturated carbocycles. The van der Waals surface area contributed by atoms with Crippen LogP contribution in [0.4, 0.5) is 0 Å². The molecule has 1 N–H and O–H groups in total. The summed E-state index contributed by atoms with van der Waals surface area (Å²) < 4.78 is 7.93. The minimum atomic E-state index is 0.674. The maximum absolute atomic E-state index is 6.25. The molecule has 4 rings (SSSR count). The van der Waals surface area contributed by atoms with Crippen molar-refractivity contribution >= 4 is 22.5 Å². The van der Waals surface area contributed by atoms with Crippen LogP contribution in [0.2, 0.25) is 5.02 Å². The maximum atomic E-state index is 6.25. The van der Waals surface area contributed by atoms with Crippen LogP contribution in [-0.2, 0) is 13.5 Å². The van der Waals surface area contributed by atoms with E-state index in [2.05, 4.69) is 48.3 Å². The fraction of sp³-hybridized carbons (Fsp3) is 0.320. The molecule has 4 nitrogen and oxygen atoms in total. The number of aromatic nitrogens is 3. The summed E-state index contributed by atoms with van der Waals surface area (Å²) in [5.41, 5.74) is 9.26. The van der Waals surface area contributed by atoms with Crippen molar-refractivity contribution in [2.45, 2.75) is 40.5 Å². The van der Waals surface area contributed by atoms with Gasteiger partial charge in [-0.1, -0.05) is 29.8 Å². The Morgan fingerprint density at radius 3 is 2.50 bits per heavy atom. The van der Waals surface area contributed by atoms with Gasteiger partial charge in [0.25, 0.3) is 0 Å². The van der Waals surface area contributed by atoms with Gasteiger partial charge in [-0.2, -0.15) is 5.10 Å². The fourth-order valence-corrected chi connectivity index (χ4v) is 4.34. The highest BCUT2D eigenvalue weighted by atomic mass is 35.5. The molecule has 0 radical (unpaired) electrons. The Bertz CT molecular complexity index is 1200. The zero-order valence-electron chi connectivity index (χ0n) is 18.3. The smallest absolute Gasteiger partial charge is 0.119 e. The first-order valence-corrected chi connectivity index (χ1v) is 10.7. The third-order valence-corrected chi connectivity index (χ3v) is 6.44. The van der Waals surface area contributed by atoms with E-state index in [1.807, 2.05) is 37.7 Å². The molecule has 0 amide bonds. The summed E-state index contributed by atoms with van der Waals surface area (Å²) in [6, 6.07) is 10.5. The Balaban J connectivity index is 1.50. The second-order valence-electron chi connectivity index (χ2n) is 8.03. The number of aryl methyl sites for hydroxylation is 5. The van der Waals surface area contributed by atoms with E-state index in [-0.39, 0.29) is 0 Å². The lowest BCUT2D eigenvalue weighted by Gasteiger charge is -2.10. The van der Waals surface area contributed by atoms with Crippen molar-refractivity contribution in [1.82, 2.24) is 14.8 Å². The Morgan fingerprint density at radius 1 is 1.10 bits per heavy atom. The SMILES string of the molecule is Cc1cc(OCCCc2c[nH]c3c(-c4c(C)nn(C)c4C)cccc23)cc(C)c1Cl. The van der Waals surface area contributed by atoms with Gasteiger partial charge in [-0.05, 0) is 69.4 Å². The van der Waals surface area contributed by atoms with E-state index in [0.29, 0.717) is 6.61 Å². The third kappa shape index (κ3) is 3.72. The fourth-order valence-electron chi connectivity index (χ4n) is 4.23. The molecule has 0 spiro atoms. The zero-order chi connectivity index (χ0) is 21.4. The van der Waals surface area contributed by atoms with Crippen molar-refractivity contribution in [3.05, 3.63) is 69.6 Å². The molecule has 30 heavy (non-hydrogen) atoms. The van der Waals surface area contributed by atoms with E-state index in [9.17, 15) is 0 Å². The maximum Gasteiger partial charge on any atom is 0.119 e. The largest absolute Gasteiger partial charge is 0.494 e. The summed E-state index contributed by atoms with van der Waals surface area (Å²) in [7, 11) is 2.00. The second kappa shape index (κ2) is 8.19. The summed E-state index contributed by atoms with van der Waals surface area (Å²) in [5.74, 6) is 0.887. The Labute approximate surface area is 182 Å². The highest BCUT2D eigenvalue weighted by Gasteiger charge is 2.16. The molecule has 156 valence electrons. The molecule has 0 fully saturated rings. The second-order valence-corrected chi connectivity index (χ2v) is 8.41. The van der Waals surface area contributed by atoms with Crippen molar-refractivity contribution in [1.29, 1.82) is 0 Å². The average molecular weight is 422 g/mol. The molecular weight excluding hydrogens is 394 g/mol. The minimum absolute atomic E-state index is 0.674. The van der Waals surface area contributed by atoms with Gasteiger partial charge in [0.05, 0.1) is 17.8 Å². The monoisotopic (exact) mass is 421 g/mol. The van der Waals surface area contributed by atoms with Crippen LogP contribution < -0.4 is 4.74 Å². The predicted molar refractivity (Wildman–Crippen MR) is 125 cm³/mol. The third-order valence-electron chi connectivity index (χ3n) is 5.85. The first-order chi connectivity index (χ1) is 14.4. The van der Waals surface area contributed by atoms with Gasteiger partial charge in [-0.3, -0.25) is 4.68 Å². The number of halogens is 1. The van der Waals surface area contributed by atoms with Gasteiger partial charge < -0.3 is 9.72 Å². The Hall–Kier alpha value is -2.72. The van der Waals surface area contributed by atoms with E-state index < -0.39 is 0 Å². The molecule has 2 aromatic heterocycles. The lowest BCUT2D eigenvalue weighted by atomic mass is 9.99. The number of hydrogen-bond acceptors (Lipinski definition) is 2. The molecular formula is C25H28ClN3O. The van der Waals surface area contributed by atoms with Crippen molar-refractivity contribution in [2.75, 3.05) is 6.61 Å². The number of fused-ring (bicyclic) bond motifs is 1. The molecule has 0 aliphatic rings. The molecule has 2 aromatic carbocycles. The van der Waals surface area contributed by atoms with E-state index in [1.165, 1.54) is 33.3 Å². The first kappa shape index (κ1) is 20.5. The number of hydrogen-bond donors (Lipinski definition) is 1. The van der Waals surface area contributed by atoms with Crippen LogP contribution in [0.3, 0.4) is 0 Å². The van der Waals surface area contributed by atoms with Gasteiger partial charge >= 0.3 is 0 Å². The minimum Gasteiger partial charge on any atom is -0.494 e. The van der Waals surface area contributed by atoms with Crippen LogP contribution in [0.1, 0.15) is 34.5 Å². The van der Waals surface area contributed by atoms with Crippen LogP contribution in [0, 0.1) is 27.7 Å². The normalized spacial score (nSPS) is 11.4. The van der Waals surface area contributed by atoms with E-state index in [4.69, 9.17) is 16.3 Å². The van der Waals surface area contributed by atoms with Crippen molar-refractivity contribution in [3.63, 3.8) is 0 Å². The van der Waals surface area contributed by atoms with E-state index in [1.54, 1.807) is 0 Å². The number of benzene rings is 2. The number of nitrogens with one attached hydrogen (secondary N) is 1. The molecule has 0 bridgehead atoms. The van der Waals surface area contributed by atoms with Gasteiger partial charge in [-0.15, -0.1) is 0 Å². The van der Waals surface area contributed by atoms with Crippen LogP contribution >= 0.6 is 11.6 Å². The van der Waals surface area contributed by atoms with Gasteiger partial charge in [0, 0.05) is 40.5 Å². The summed E-state index contributed by atoms with van der Waals surface area (Å²) in [5, 5.41) is 6.67. The molecule has 0 saturated heterocycles. The molecule has 5 heteroatoms. The van der Waals surface area contributed by atoms with Crippen LogP contribution in [0.25, 0.3) is 22.0 Å². The number of rotatable bonds is 6. The average Bonchev–Trinajstić information content (AvgIpc) is 3.23. The number of aromatic amines is 1. The topological polar surface area (TPSA) is 42.8 Å².